The highest BCUT2D eigenvalue weighted by Gasteiger charge is 2.35. The van der Waals surface area contributed by atoms with Crippen LogP contribution in [0.2, 0.25) is 0 Å². The molecule has 0 bridgehead atoms. The van der Waals surface area contributed by atoms with E-state index in [0.717, 1.165) is 12.5 Å². The molecule has 0 radical (unpaired) electrons. The molecule has 1 aliphatic heterocycles. The Morgan fingerprint density at radius 3 is 2.93 bits per heavy atom. The van der Waals surface area contributed by atoms with Gasteiger partial charge in [0.25, 0.3) is 0 Å². The van der Waals surface area contributed by atoms with Crippen molar-refractivity contribution in [2.45, 2.75) is 32.1 Å². The Labute approximate surface area is 78.9 Å². The van der Waals surface area contributed by atoms with E-state index in [2.05, 4.69) is 10.4 Å². The zero-order valence-corrected chi connectivity index (χ0v) is 7.60. The second-order valence-electron chi connectivity index (χ2n) is 3.47. The molecule has 0 spiro atoms. The van der Waals surface area contributed by atoms with Gasteiger partial charge >= 0.3 is 6.18 Å². The Morgan fingerprint density at radius 1 is 1.57 bits per heavy atom. The summed E-state index contributed by atoms with van der Waals surface area (Å²) in [4.78, 5) is 0. The fraction of sp³-hybridized carbons (Fsp3) is 0.625. The van der Waals surface area contributed by atoms with Crippen molar-refractivity contribution in [2.24, 2.45) is 0 Å². The maximum Gasteiger partial charge on any atom is 0.435 e. The van der Waals surface area contributed by atoms with Gasteiger partial charge in [0.2, 0.25) is 0 Å². The largest absolute Gasteiger partial charge is 0.435 e. The number of hydrogen-bond donors (Lipinski definition) is 1. The molecule has 0 saturated carbocycles. The number of fused-ring (bicyclic) bond motifs is 1. The van der Waals surface area contributed by atoms with Gasteiger partial charge in [0.05, 0.1) is 0 Å². The number of anilines is 1. The first-order valence-corrected chi connectivity index (χ1v) is 4.38. The van der Waals surface area contributed by atoms with E-state index in [1.807, 2.05) is 6.92 Å². The topological polar surface area (TPSA) is 29.9 Å². The van der Waals surface area contributed by atoms with Crippen LogP contribution in [-0.4, -0.2) is 15.8 Å². The summed E-state index contributed by atoms with van der Waals surface area (Å²) in [6.45, 7) is 2.48. The molecule has 1 aromatic heterocycles. The van der Waals surface area contributed by atoms with Crippen molar-refractivity contribution < 1.29 is 13.2 Å². The minimum atomic E-state index is -4.35. The standard InChI is InChI=1S/C8H10F3N3/c1-5-2-3-14-7(12-5)4-6(13-14)8(9,10)11/h4-5,12H,2-3H2,1H3. The van der Waals surface area contributed by atoms with E-state index in [4.69, 9.17) is 0 Å². The summed E-state index contributed by atoms with van der Waals surface area (Å²) < 4.78 is 38.2. The SMILES string of the molecule is CC1CCn2nc(C(F)(F)F)cc2N1. The number of aryl methyl sites for hydroxylation is 1. The van der Waals surface area contributed by atoms with E-state index in [9.17, 15) is 13.2 Å². The maximum absolute atomic E-state index is 12.3. The average molecular weight is 205 g/mol. The minimum Gasteiger partial charge on any atom is -0.368 e. The molecule has 6 heteroatoms. The molecule has 2 heterocycles. The third kappa shape index (κ3) is 1.56. The van der Waals surface area contributed by atoms with Crippen molar-refractivity contribution in [2.75, 3.05) is 5.32 Å². The van der Waals surface area contributed by atoms with Crippen molar-refractivity contribution in [1.82, 2.24) is 9.78 Å². The van der Waals surface area contributed by atoms with Crippen LogP contribution in [0.4, 0.5) is 19.0 Å². The molecular weight excluding hydrogens is 195 g/mol. The van der Waals surface area contributed by atoms with Crippen LogP contribution >= 0.6 is 0 Å². The molecular formula is C8H10F3N3. The first-order valence-electron chi connectivity index (χ1n) is 4.38. The van der Waals surface area contributed by atoms with Gasteiger partial charge in [-0.25, -0.2) is 4.68 Å². The van der Waals surface area contributed by atoms with Gasteiger partial charge in [-0.2, -0.15) is 18.3 Å². The van der Waals surface area contributed by atoms with E-state index in [1.54, 1.807) is 0 Å². The summed E-state index contributed by atoms with van der Waals surface area (Å²) in [5.74, 6) is 0.455. The summed E-state index contributed by atoms with van der Waals surface area (Å²) in [7, 11) is 0. The van der Waals surface area contributed by atoms with E-state index in [1.165, 1.54) is 4.68 Å². The molecule has 0 amide bonds. The Hall–Kier alpha value is -1.20. The van der Waals surface area contributed by atoms with Gasteiger partial charge in [0.1, 0.15) is 5.82 Å². The second-order valence-corrected chi connectivity index (χ2v) is 3.47. The van der Waals surface area contributed by atoms with Gasteiger partial charge in [-0.05, 0) is 13.3 Å². The molecule has 1 aromatic rings. The molecule has 1 atom stereocenters. The quantitative estimate of drug-likeness (QED) is 0.703. The summed E-state index contributed by atoms with van der Waals surface area (Å²) in [6, 6.07) is 1.26. The van der Waals surface area contributed by atoms with Crippen molar-refractivity contribution in [1.29, 1.82) is 0 Å². The molecule has 2 rings (SSSR count). The lowest BCUT2D eigenvalue weighted by Crippen LogP contribution is -2.25. The van der Waals surface area contributed by atoms with Gasteiger partial charge in [-0.15, -0.1) is 0 Å². The summed E-state index contributed by atoms with van der Waals surface area (Å²) in [5, 5.41) is 6.44. The Bertz CT molecular complexity index is 342. The van der Waals surface area contributed by atoms with Crippen molar-refractivity contribution in [3.05, 3.63) is 11.8 Å². The van der Waals surface area contributed by atoms with Crippen LogP contribution in [0.1, 0.15) is 19.0 Å². The first kappa shape index (κ1) is 9.36. The lowest BCUT2D eigenvalue weighted by Gasteiger charge is -2.21. The molecule has 3 nitrogen and oxygen atoms in total. The van der Waals surface area contributed by atoms with Crippen LogP contribution in [0, 0.1) is 0 Å². The highest BCUT2D eigenvalue weighted by Crippen LogP contribution is 2.31. The molecule has 1 aliphatic rings. The van der Waals surface area contributed by atoms with Crippen LogP contribution in [0.25, 0.3) is 0 Å². The van der Waals surface area contributed by atoms with E-state index in [0.29, 0.717) is 12.4 Å². The van der Waals surface area contributed by atoms with Crippen LogP contribution in [-0.2, 0) is 12.7 Å². The Morgan fingerprint density at radius 2 is 2.29 bits per heavy atom. The lowest BCUT2D eigenvalue weighted by atomic mass is 10.2. The van der Waals surface area contributed by atoms with Gasteiger partial charge in [-0.1, -0.05) is 0 Å². The predicted octanol–water partition coefficient (Wildman–Crippen LogP) is 2.11. The highest BCUT2D eigenvalue weighted by molar-refractivity contribution is 5.40. The van der Waals surface area contributed by atoms with Crippen LogP contribution in [0.3, 0.4) is 0 Å². The maximum atomic E-state index is 12.3. The zero-order valence-electron chi connectivity index (χ0n) is 7.60. The number of rotatable bonds is 0. The number of aromatic nitrogens is 2. The Kier molecular flexibility index (Phi) is 1.94. The molecule has 1 N–H and O–H groups in total. The third-order valence-electron chi connectivity index (χ3n) is 2.24. The van der Waals surface area contributed by atoms with E-state index >= 15 is 0 Å². The van der Waals surface area contributed by atoms with Gasteiger partial charge in [-0.3, -0.25) is 0 Å². The van der Waals surface area contributed by atoms with Gasteiger partial charge < -0.3 is 5.32 Å². The van der Waals surface area contributed by atoms with E-state index in [-0.39, 0.29) is 6.04 Å². The van der Waals surface area contributed by atoms with Crippen molar-refractivity contribution in [3.63, 3.8) is 0 Å². The third-order valence-corrected chi connectivity index (χ3v) is 2.24. The average Bonchev–Trinajstić information content (AvgIpc) is 2.45. The number of halogens is 3. The molecule has 0 aromatic carbocycles. The fourth-order valence-electron chi connectivity index (χ4n) is 1.48. The number of nitrogens with one attached hydrogen (secondary N) is 1. The summed E-state index contributed by atoms with van der Waals surface area (Å²) >= 11 is 0. The number of nitrogens with zero attached hydrogens (tertiary/aromatic N) is 2. The van der Waals surface area contributed by atoms with Gasteiger partial charge in [0, 0.05) is 18.7 Å². The zero-order chi connectivity index (χ0) is 10.3. The van der Waals surface area contributed by atoms with Gasteiger partial charge in [0.15, 0.2) is 5.69 Å². The molecule has 0 fully saturated rings. The van der Waals surface area contributed by atoms with Crippen LogP contribution in [0.15, 0.2) is 6.07 Å². The molecule has 0 saturated heterocycles. The lowest BCUT2D eigenvalue weighted by molar-refractivity contribution is -0.141. The monoisotopic (exact) mass is 205 g/mol. The summed E-state index contributed by atoms with van der Waals surface area (Å²) in [5.41, 5.74) is -0.825. The number of alkyl halides is 3. The number of hydrogen-bond acceptors (Lipinski definition) is 2. The Balaban J connectivity index is 2.32. The first-order chi connectivity index (χ1) is 6.47. The molecule has 78 valence electrons. The van der Waals surface area contributed by atoms with E-state index < -0.39 is 11.9 Å². The molecule has 0 aliphatic carbocycles. The second kappa shape index (κ2) is 2.90. The summed E-state index contributed by atoms with van der Waals surface area (Å²) in [6.07, 6.45) is -3.55. The molecule has 14 heavy (non-hydrogen) atoms. The normalized spacial score (nSPS) is 21.6. The van der Waals surface area contributed by atoms with Crippen molar-refractivity contribution >= 4 is 5.82 Å². The van der Waals surface area contributed by atoms with Crippen LogP contribution < -0.4 is 5.32 Å². The highest BCUT2D eigenvalue weighted by atomic mass is 19.4. The van der Waals surface area contributed by atoms with Crippen molar-refractivity contribution in [3.8, 4) is 0 Å². The predicted molar refractivity (Wildman–Crippen MR) is 44.9 cm³/mol. The smallest absolute Gasteiger partial charge is 0.368 e. The fourth-order valence-corrected chi connectivity index (χ4v) is 1.48. The molecule has 1 unspecified atom stereocenters. The minimum absolute atomic E-state index is 0.209. The van der Waals surface area contributed by atoms with Crippen LogP contribution in [0.5, 0.6) is 0 Å².